The fourth-order valence-corrected chi connectivity index (χ4v) is 4.13. The van der Waals surface area contributed by atoms with Crippen molar-refractivity contribution < 1.29 is 22.7 Å². The van der Waals surface area contributed by atoms with Gasteiger partial charge in [-0.2, -0.15) is 0 Å². The van der Waals surface area contributed by atoms with Crippen LogP contribution >= 0.6 is 0 Å². The predicted octanol–water partition coefficient (Wildman–Crippen LogP) is 4.38. The summed E-state index contributed by atoms with van der Waals surface area (Å²) in [7, 11) is -0.581. The molecule has 3 aromatic rings. The minimum atomic E-state index is -3.71. The number of aryl methyl sites for hydroxylation is 2. The van der Waals surface area contributed by atoms with E-state index < -0.39 is 10.0 Å². The summed E-state index contributed by atoms with van der Waals surface area (Å²) in [6.45, 7) is 1.93. The number of amides is 1. The topological polar surface area (TPSA) is 93.7 Å². The van der Waals surface area contributed by atoms with E-state index in [0.29, 0.717) is 29.3 Å². The van der Waals surface area contributed by atoms with Gasteiger partial charge >= 0.3 is 0 Å². The second kappa shape index (κ2) is 10.2. The quantitative estimate of drug-likeness (QED) is 0.500. The number of hydrogen-bond acceptors (Lipinski definition) is 5. The van der Waals surface area contributed by atoms with E-state index in [4.69, 9.17) is 9.47 Å². The maximum Gasteiger partial charge on any atom is 0.261 e. The van der Waals surface area contributed by atoms with Crippen molar-refractivity contribution in [3.05, 3.63) is 77.9 Å². The van der Waals surface area contributed by atoms with Gasteiger partial charge in [0, 0.05) is 17.8 Å². The van der Waals surface area contributed by atoms with Gasteiger partial charge in [-0.1, -0.05) is 23.8 Å². The highest BCUT2D eigenvalue weighted by atomic mass is 32.2. The van der Waals surface area contributed by atoms with Crippen molar-refractivity contribution in [2.24, 2.45) is 0 Å². The van der Waals surface area contributed by atoms with E-state index in [-0.39, 0.29) is 17.2 Å². The molecule has 0 saturated heterocycles. The second-order valence-electron chi connectivity index (χ2n) is 7.23. The molecule has 1 amide bonds. The van der Waals surface area contributed by atoms with Gasteiger partial charge < -0.3 is 14.8 Å². The Morgan fingerprint density at radius 1 is 0.844 bits per heavy atom. The van der Waals surface area contributed by atoms with Gasteiger partial charge in [0.2, 0.25) is 5.91 Å². The molecule has 0 unspecified atom stereocenters. The summed E-state index contributed by atoms with van der Waals surface area (Å²) in [4.78, 5) is 12.4. The van der Waals surface area contributed by atoms with E-state index in [1.54, 1.807) is 44.6 Å². The molecule has 2 N–H and O–H groups in total. The van der Waals surface area contributed by atoms with Crippen LogP contribution in [-0.4, -0.2) is 28.5 Å². The van der Waals surface area contributed by atoms with E-state index in [1.807, 2.05) is 31.2 Å². The van der Waals surface area contributed by atoms with Gasteiger partial charge in [0.1, 0.15) is 0 Å². The zero-order valence-electron chi connectivity index (χ0n) is 18.2. The summed E-state index contributed by atoms with van der Waals surface area (Å²) in [6, 6.07) is 18.7. The zero-order valence-corrected chi connectivity index (χ0v) is 19.0. The van der Waals surface area contributed by atoms with Crippen molar-refractivity contribution in [2.45, 2.75) is 24.7 Å². The lowest BCUT2D eigenvalue weighted by Crippen LogP contribution is -2.14. The Balaban J connectivity index is 1.58. The average Bonchev–Trinajstić information content (AvgIpc) is 2.79. The van der Waals surface area contributed by atoms with Crippen LogP contribution in [0.1, 0.15) is 17.5 Å². The van der Waals surface area contributed by atoms with Gasteiger partial charge in [-0.3, -0.25) is 9.52 Å². The van der Waals surface area contributed by atoms with Gasteiger partial charge in [0.05, 0.1) is 19.1 Å². The number of hydrogen-bond donors (Lipinski definition) is 2. The number of ether oxygens (including phenoxy) is 2. The van der Waals surface area contributed by atoms with Crippen molar-refractivity contribution in [2.75, 3.05) is 24.3 Å². The van der Waals surface area contributed by atoms with Gasteiger partial charge in [0.25, 0.3) is 10.0 Å². The van der Waals surface area contributed by atoms with Crippen molar-refractivity contribution in [1.29, 1.82) is 0 Å². The number of methoxy groups -OCH3 is 2. The smallest absolute Gasteiger partial charge is 0.261 e. The Labute approximate surface area is 188 Å². The van der Waals surface area contributed by atoms with Crippen molar-refractivity contribution >= 4 is 27.3 Å². The lowest BCUT2D eigenvalue weighted by Gasteiger charge is -2.11. The third-order valence-corrected chi connectivity index (χ3v) is 6.24. The van der Waals surface area contributed by atoms with Gasteiger partial charge in [-0.25, -0.2) is 8.42 Å². The molecular formula is C24H26N2O5S. The first-order valence-electron chi connectivity index (χ1n) is 10.0. The summed E-state index contributed by atoms with van der Waals surface area (Å²) >= 11 is 0. The Hall–Kier alpha value is -3.52. The first-order valence-corrected chi connectivity index (χ1v) is 11.5. The molecule has 0 aliphatic rings. The summed E-state index contributed by atoms with van der Waals surface area (Å²) < 4.78 is 38.2. The normalized spacial score (nSPS) is 11.0. The van der Waals surface area contributed by atoms with Crippen LogP contribution in [0.25, 0.3) is 0 Å². The summed E-state index contributed by atoms with van der Waals surface area (Å²) in [6.07, 6.45) is 0.795. The second-order valence-corrected chi connectivity index (χ2v) is 8.92. The number of benzene rings is 3. The van der Waals surface area contributed by atoms with Crippen molar-refractivity contribution in [3.63, 3.8) is 0 Å². The molecule has 0 radical (unpaired) electrons. The number of anilines is 2. The molecule has 0 spiro atoms. The fourth-order valence-electron chi connectivity index (χ4n) is 3.07. The van der Waals surface area contributed by atoms with Crippen molar-refractivity contribution in [3.8, 4) is 11.5 Å². The molecule has 0 aliphatic heterocycles. The lowest BCUT2D eigenvalue weighted by molar-refractivity contribution is -0.116. The lowest BCUT2D eigenvalue weighted by atomic mass is 10.1. The molecule has 3 aromatic carbocycles. The molecule has 3 rings (SSSR count). The van der Waals surface area contributed by atoms with E-state index in [9.17, 15) is 13.2 Å². The number of carbonyl (C=O) groups excluding carboxylic acids is 1. The minimum absolute atomic E-state index is 0.112. The van der Waals surface area contributed by atoms with Crippen LogP contribution in [0.3, 0.4) is 0 Å². The van der Waals surface area contributed by atoms with Gasteiger partial charge in [0.15, 0.2) is 11.5 Å². The third-order valence-electron chi connectivity index (χ3n) is 4.84. The molecule has 0 bridgehead atoms. The molecule has 0 fully saturated rings. The fraction of sp³-hybridized carbons (Fsp3) is 0.208. The van der Waals surface area contributed by atoms with E-state index in [0.717, 1.165) is 11.1 Å². The first-order chi connectivity index (χ1) is 15.3. The Kier molecular flexibility index (Phi) is 7.37. The maximum atomic E-state index is 12.6. The van der Waals surface area contributed by atoms with Gasteiger partial charge in [-0.05, 0) is 67.4 Å². The summed E-state index contributed by atoms with van der Waals surface area (Å²) in [5.74, 6) is 1.07. The minimum Gasteiger partial charge on any atom is -0.493 e. The van der Waals surface area contributed by atoms with Crippen molar-refractivity contribution in [1.82, 2.24) is 0 Å². The van der Waals surface area contributed by atoms with Crippen LogP contribution in [0.5, 0.6) is 11.5 Å². The largest absolute Gasteiger partial charge is 0.493 e. The molecular weight excluding hydrogens is 428 g/mol. The highest BCUT2D eigenvalue weighted by Gasteiger charge is 2.14. The molecule has 0 aliphatic carbocycles. The summed E-state index contributed by atoms with van der Waals surface area (Å²) in [5, 5.41) is 2.79. The molecule has 168 valence electrons. The molecule has 0 aromatic heterocycles. The summed E-state index contributed by atoms with van der Waals surface area (Å²) in [5.41, 5.74) is 3.00. The molecule has 32 heavy (non-hydrogen) atoms. The van der Waals surface area contributed by atoms with Gasteiger partial charge in [-0.15, -0.1) is 0 Å². The number of nitrogens with one attached hydrogen (secondary N) is 2. The number of sulfonamides is 1. The van der Waals surface area contributed by atoms with Crippen LogP contribution in [0.2, 0.25) is 0 Å². The Morgan fingerprint density at radius 3 is 2.09 bits per heavy atom. The highest BCUT2D eigenvalue weighted by molar-refractivity contribution is 7.92. The predicted molar refractivity (Wildman–Crippen MR) is 125 cm³/mol. The van der Waals surface area contributed by atoms with Crippen LogP contribution in [-0.2, 0) is 21.2 Å². The molecule has 0 heterocycles. The van der Waals surface area contributed by atoms with Crippen LogP contribution in [0.4, 0.5) is 11.4 Å². The zero-order chi connectivity index (χ0) is 23.1. The Morgan fingerprint density at radius 2 is 1.47 bits per heavy atom. The van der Waals surface area contributed by atoms with Crippen LogP contribution in [0.15, 0.2) is 71.6 Å². The van der Waals surface area contributed by atoms with Crippen LogP contribution in [0, 0.1) is 6.92 Å². The number of rotatable bonds is 9. The standard InChI is InChI=1S/C24H26N2O5S/c1-17-4-8-20(9-5-17)26-32(28,29)21-12-10-19(11-13-21)25-24(27)15-7-18-6-14-22(30-2)23(16-18)31-3/h4-6,8-14,16,26H,7,15H2,1-3H3,(H,25,27). The highest BCUT2D eigenvalue weighted by Crippen LogP contribution is 2.28. The maximum absolute atomic E-state index is 12.6. The molecule has 0 atom stereocenters. The third kappa shape index (κ3) is 6.01. The molecule has 8 heteroatoms. The van der Waals surface area contributed by atoms with E-state index in [2.05, 4.69) is 10.0 Å². The average molecular weight is 455 g/mol. The molecule has 0 saturated carbocycles. The van der Waals surface area contributed by atoms with E-state index >= 15 is 0 Å². The van der Waals surface area contributed by atoms with E-state index in [1.165, 1.54) is 12.1 Å². The number of carbonyl (C=O) groups is 1. The monoisotopic (exact) mass is 454 g/mol. The SMILES string of the molecule is COc1ccc(CCC(=O)Nc2ccc(S(=O)(=O)Nc3ccc(C)cc3)cc2)cc1OC. The first kappa shape index (κ1) is 23.1. The molecule has 7 nitrogen and oxygen atoms in total. The Bertz CT molecular complexity index is 1170. The van der Waals surface area contributed by atoms with Crippen LogP contribution < -0.4 is 19.5 Å².